The summed E-state index contributed by atoms with van der Waals surface area (Å²) in [5, 5.41) is 4.82. The zero-order chi connectivity index (χ0) is 92.5. The van der Waals surface area contributed by atoms with Gasteiger partial charge >= 0.3 is 0 Å². The number of nitrogens with zero attached hydrogens (tertiary/aromatic N) is 12. The number of rotatable bonds is 17. The third-order valence-electron chi connectivity index (χ3n) is 26.0. The lowest BCUT2D eigenvalue weighted by molar-refractivity contribution is 0.619. The van der Waals surface area contributed by atoms with Gasteiger partial charge in [-0.05, 0) is 213 Å². The fourth-order valence-electron chi connectivity index (χ4n) is 18.8. The SMILES string of the molecule is c1ccc(-c2cccc(-n3c4ccccc4c4cc(-c5ccc(-c6nc(-c7ccc(-c8nc9ccccc9o8)cc7)nc(-c7ccc(-c8nc9ccccc9o8)cc7)n6)cc5)ccc43)c2)cc1.c1ccc(-n2c3ccccc3c3cc(-c4ccc(-c5nc(-c6ccc(-c7ccc(-c8nc9ccccc9o8)cc7)cc6)nc(-c6ccc(-c7ccc(-c8nc9ccccc9o8)cc7)cc6)n5)cc4)ccc32)cc1. The van der Waals surface area contributed by atoms with Gasteiger partial charge in [0.05, 0.1) is 22.1 Å². The standard InChI is InChI=1S/C65H40N6O2.C59H36N6O2/c1-2-10-52(11-3-1)71-57-15-7-4-12-53(57)54-40-51(38-39-58(54)71)45-22-32-48(33-23-45)63-69-61(46-28-18-41(19-29-46)43-24-34-49(35-25-43)64-66-55-13-5-8-16-59(55)72-64)68-62(70-63)47-30-20-42(21-31-47)44-26-36-50(37-27-44)65-67-56-14-6-9-17-60(56)73-65;1-2-11-37(12-3-1)44-13-10-14-46(35-44)65-51-18-7-4-15-47(51)48-36-45(33-34-52(48)65)38-21-23-39(24-22-38)55-62-56(40-25-29-42(30-26-40)58-60-49-16-5-8-19-53(49)66-58)64-57(63-55)41-27-31-43(32-28-41)59-61-50-17-6-9-20-54(50)67-59/h1-40H;1-36H. The van der Waals surface area contributed by atoms with Crippen molar-refractivity contribution in [2.45, 2.75) is 0 Å². The molecule has 0 radical (unpaired) electrons. The van der Waals surface area contributed by atoms with Crippen molar-refractivity contribution in [3.63, 3.8) is 0 Å². The van der Waals surface area contributed by atoms with E-state index in [4.69, 9.17) is 57.5 Å². The molecule has 8 heterocycles. The van der Waals surface area contributed by atoms with Crippen LogP contribution >= 0.6 is 0 Å². The lowest BCUT2D eigenvalue weighted by Crippen LogP contribution is -2.00. The van der Waals surface area contributed by atoms with E-state index in [1.54, 1.807) is 0 Å². The maximum Gasteiger partial charge on any atom is 0.227 e. The molecule has 0 aliphatic heterocycles. The van der Waals surface area contributed by atoms with Gasteiger partial charge in [-0.25, -0.2) is 49.8 Å². The Bertz CT molecular complexity index is 8940. The van der Waals surface area contributed by atoms with Crippen molar-refractivity contribution in [1.29, 1.82) is 0 Å². The molecule has 8 aromatic heterocycles. The highest BCUT2D eigenvalue weighted by atomic mass is 16.4. The van der Waals surface area contributed by atoms with Crippen LogP contribution in [0.2, 0.25) is 0 Å². The van der Waals surface area contributed by atoms with Crippen LogP contribution < -0.4 is 0 Å². The highest BCUT2D eigenvalue weighted by Crippen LogP contribution is 2.42. The van der Waals surface area contributed by atoms with Crippen LogP contribution in [-0.4, -0.2) is 59.0 Å². The number of fused-ring (bicyclic) bond motifs is 10. The lowest BCUT2D eigenvalue weighted by atomic mass is 10.0. The van der Waals surface area contributed by atoms with E-state index in [1.807, 2.05) is 170 Å². The summed E-state index contributed by atoms with van der Waals surface area (Å²) in [5.41, 5.74) is 33.2. The predicted molar refractivity (Wildman–Crippen MR) is 560 cm³/mol. The fourth-order valence-corrected chi connectivity index (χ4v) is 18.8. The first-order valence-electron chi connectivity index (χ1n) is 46.4. The van der Waals surface area contributed by atoms with Crippen molar-refractivity contribution in [1.82, 2.24) is 59.0 Å². The first-order valence-corrected chi connectivity index (χ1v) is 46.4. The second kappa shape index (κ2) is 34.6. The van der Waals surface area contributed by atoms with Crippen LogP contribution in [0.15, 0.2) is 479 Å². The van der Waals surface area contributed by atoms with E-state index in [0.717, 1.165) is 161 Å². The number of benzene rings is 19. The van der Waals surface area contributed by atoms with E-state index in [1.165, 1.54) is 49.2 Å². The number of aromatic nitrogens is 12. The summed E-state index contributed by atoms with van der Waals surface area (Å²) >= 11 is 0. The van der Waals surface area contributed by atoms with E-state index in [9.17, 15) is 0 Å². The summed E-state index contributed by atoms with van der Waals surface area (Å²) in [4.78, 5) is 49.3. The largest absolute Gasteiger partial charge is 0.436 e. The summed E-state index contributed by atoms with van der Waals surface area (Å²) in [6.07, 6.45) is 0. The molecule has 656 valence electrons. The second-order valence-electron chi connectivity index (χ2n) is 34.6. The van der Waals surface area contributed by atoms with E-state index in [-0.39, 0.29) is 0 Å². The molecule has 0 atom stereocenters. The van der Waals surface area contributed by atoms with Crippen LogP contribution in [-0.2, 0) is 0 Å². The van der Waals surface area contributed by atoms with Gasteiger partial charge in [0.2, 0.25) is 23.6 Å². The molecule has 0 N–H and O–H groups in total. The molecule has 19 aromatic carbocycles. The summed E-state index contributed by atoms with van der Waals surface area (Å²) < 4.78 is 28.9. The number of oxazole rings is 4. The first kappa shape index (κ1) is 81.4. The third-order valence-corrected chi connectivity index (χ3v) is 26.0. The van der Waals surface area contributed by atoms with Gasteiger partial charge in [0.1, 0.15) is 22.1 Å². The molecule has 0 spiro atoms. The summed E-state index contributed by atoms with van der Waals surface area (Å²) in [6.45, 7) is 0. The van der Waals surface area contributed by atoms with Crippen molar-refractivity contribution in [2.24, 2.45) is 0 Å². The number of hydrogen-bond acceptors (Lipinski definition) is 14. The molecule has 16 heteroatoms. The van der Waals surface area contributed by atoms with Gasteiger partial charge < -0.3 is 26.8 Å². The normalized spacial score (nSPS) is 11.6. The van der Waals surface area contributed by atoms with Crippen LogP contribution in [0.3, 0.4) is 0 Å². The molecular weight excluding hydrogens is 1720 g/mol. The van der Waals surface area contributed by atoms with Crippen LogP contribution in [0.1, 0.15) is 0 Å². The Balaban J connectivity index is 0.000000145. The smallest absolute Gasteiger partial charge is 0.227 e. The minimum absolute atomic E-state index is 0.548. The van der Waals surface area contributed by atoms with E-state index in [0.29, 0.717) is 58.5 Å². The molecule has 27 aromatic rings. The summed E-state index contributed by atoms with van der Waals surface area (Å²) in [7, 11) is 0. The van der Waals surface area contributed by atoms with E-state index >= 15 is 0 Å². The van der Waals surface area contributed by atoms with Crippen molar-refractivity contribution < 1.29 is 17.7 Å². The van der Waals surface area contributed by atoms with Gasteiger partial charge in [-0.1, -0.05) is 303 Å². The molecule has 0 amide bonds. The first-order chi connectivity index (χ1) is 69.3. The Kier molecular flexibility index (Phi) is 20.1. The second-order valence-corrected chi connectivity index (χ2v) is 34.6. The van der Waals surface area contributed by atoms with Crippen LogP contribution in [0.5, 0.6) is 0 Å². The van der Waals surface area contributed by atoms with Gasteiger partial charge in [0, 0.05) is 88.6 Å². The minimum Gasteiger partial charge on any atom is -0.436 e. The highest BCUT2D eigenvalue weighted by molar-refractivity contribution is 6.12. The number of hydrogen-bond donors (Lipinski definition) is 0. The Labute approximate surface area is 801 Å². The van der Waals surface area contributed by atoms with E-state index in [2.05, 4.69) is 310 Å². The molecule has 0 bridgehead atoms. The van der Waals surface area contributed by atoms with Crippen LogP contribution in [0.25, 0.3) is 269 Å². The zero-order valence-corrected chi connectivity index (χ0v) is 74.9. The van der Waals surface area contributed by atoms with Crippen molar-refractivity contribution in [3.05, 3.63) is 461 Å². The molecule has 0 aliphatic carbocycles. The molecule has 27 rings (SSSR count). The average molecular weight is 1800 g/mol. The Morgan fingerprint density at radius 3 is 0.664 bits per heavy atom. The maximum absolute atomic E-state index is 6.07. The summed E-state index contributed by atoms with van der Waals surface area (Å²) in [6, 6.07) is 158. The molecule has 0 aliphatic rings. The van der Waals surface area contributed by atoms with Crippen molar-refractivity contribution in [2.75, 3.05) is 0 Å². The predicted octanol–water partition coefficient (Wildman–Crippen LogP) is 31.5. The van der Waals surface area contributed by atoms with Crippen molar-refractivity contribution in [3.8, 4) is 181 Å². The molecule has 16 nitrogen and oxygen atoms in total. The molecule has 0 unspecified atom stereocenters. The topological polar surface area (TPSA) is 191 Å². The average Bonchev–Trinajstić information content (AvgIpc) is 1.59. The van der Waals surface area contributed by atoms with Gasteiger partial charge in [-0.2, -0.15) is 0 Å². The quantitative estimate of drug-likeness (QED) is 0.0836. The number of para-hydroxylation sites is 11. The highest BCUT2D eigenvalue weighted by Gasteiger charge is 2.23. The van der Waals surface area contributed by atoms with Gasteiger partial charge in [0.25, 0.3) is 0 Å². The minimum atomic E-state index is 0.548. The zero-order valence-electron chi connectivity index (χ0n) is 74.9. The van der Waals surface area contributed by atoms with Crippen LogP contribution in [0.4, 0.5) is 0 Å². The summed E-state index contributed by atoms with van der Waals surface area (Å²) in [5.74, 6) is 5.74. The lowest BCUT2D eigenvalue weighted by Gasteiger charge is -2.11. The Hall–Kier alpha value is -19.3. The maximum atomic E-state index is 6.07. The molecule has 0 fully saturated rings. The monoisotopic (exact) mass is 1800 g/mol. The molecule has 0 saturated heterocycles. The van der Waals surface area contributed by atoms with Gasteiger partial charge in [-0.15, -0.1) is 0 Å². The van der Waals surface area contributed by atoms with Crippen molar-refractivity contribution >= 4 is 88.0 Å². The molecule has 0 saturated carbocycles. The van der Waals surface area contributed by atoms with Crippen LogP contribution in [0, 0.1) is 0 Å². The van der Waals surface area contributed by atoms with E-state index < -0.39 is 0 Å². The fraction of sp³-hybridized carbons (Fsp3) is 0. The van der Waals surface area contributed by atoms with Gasteiger partial charge in [-0.3, -0.25) is 0 Å². The molecular formula is C124H76N12O4. The van der Waals surface area contributed by atoms with Gasteiger partial charge in [0.15, 0.2) is 57.3 Å². The Morgan fingerprint density at radius 1 is 0.136 bits per heavy atom. The molecule has 140 heavy (non-hydrogen) atoms. The third kappa shape index (κ3) is 15.4. The Morgan fingerprint density at radius 2 is 0.350 bits per heavy atom.